The van der Waals surface area contributed by atoms with Crippen LogP contribution in [-0.2, 0) is 6.42 Å². The lowest BCUT2D eigenvalue weighted by atomic mass is 10.0. The molecule has 3 N–H and O–H groups in total. The highest BCUT2D eigenvalue weighted by atomic mass is 16.3. The first-order valence-electron chi connectivity index (χ1n) is 4.59. The molecule has 0 fully saturated rings. The molecule has 2 heteroatoms. The van der Waals surface area contributed by atoms with E-state index in [0.29, 0.717) is 6.42 Å². The molecule has 0 aliphatic heterocycles. The Hall–Kier alpha value is -0.860. The van der Waals surface area contributed by atoms with Crippen molar-refractivity contribution in [1.29, 1.82) is 0 Å². The average Bonchev–Trinajstić information content (AvgIpc) is 2.04. The zero-order valence-electron chi connectivity index (χ0n) is 8.20. The smallest absolute Gasteiger partial charge is 0.0728 e. The SMILES string of the molecule is Cc1cccc(CC(O)[C@H](C)N)c1. The van der Waals surface area contributed by atoms with Gasteiger partial charge in [-0.25, -0.2) is 0 Å². The second-order valence-corrected chi connectivity index (χ2v) is 3.62. The van der Waals surface area contributed by atoms with Crippen molar-refractivity contribution in [3.05, 3.63) is 35.4 Å². The molecule has 1 unspecified atom stereocenters. The lowest BCUT2D eigenvalue weighted by Crippen LogP contribution is -2.33. The quantitative estimate of drug-likeness (QED) is 0.733. The molecule has 0 saturated heterocycles. The van der Waals surface area contributed by atoms with Crippen LogP contribution in [0.4, 0.5) is 0 Å². The molecule has 0 aliphatic rings. The minimum absolute atomic E-state index is 0.166. The number of aliphatic hydroxyl groups is 1. The van der Waals surface area contributed by atoms with E-state index in [1.165, 1.54) is 5.56 Å². The van der Waals surface area contributed by atoms with Gasteiger partial charge in [0.2, 0.25) is 0 Å². The van der Waals surface area contributed by atoms with Crippen molar-refractivity contribution < 1.29 is 5.11 Å². The maximum absolute atomic E-state index is 9.55. The van der Waals surface area contributed by atoms with E-state index in [-0.39, 0.29) is 6.04 Å². The van der Waals surface area contributed by atoms with Crippen LogP contribution in [0.25, 0.3) is 0 Å². The molecular weight excluding hydrogens is 162 g/mol. The van der Waals surface area contributed by atoms with E-state index >= 15 is 0 Å². The molecule has 13 heavy (non-hydrogen) atoms. The van der Waals surface area contributed by atoms with Gasteiger partial charge in [0.15, 0.2) is 0 Å². The second kappa shape index (κ2) is 4.40. The Morgan fingerprint density at radius 2 is 2.15 bits per heavy atom. The highest BCUT2D eigenvalue weighted by Crippen LogP contribution is 2.07. The van der Waals surface area contributed by atoms with Crippen molar-refractivity contribution in [1.82, 2.24) is 0 Å². The maximum atomic E-state index is 9.55. The summed E-state index contributed by atoms with van der Waals surface area (Å²) in [5.74, 6) is 0. The lowest BCUT2D eigenvalue weighted by molar-refractivity contribution is 0.151. The van der Waals surface area contributed by atoms with E-state index in [2.05, 4.69) is 6.07 Å². The molecule has 0 amide bonds. The van der Waals surface area contributed by atoms with E-state index in [4.69, 9.17) is 5.73 Å². The third-order valence-electron chi connectivity index (χ3n) is 2.13. The summed E-state index contributed by atoms with van der Waals surface area (Å²) >= 11 is 0. The molecule has 1 aromatic carbocycles. The molecule has 0 spiro atoms. The van der Waals surface area contributed by atoms with Gasteiger partial charge < -0.3 is 10.8 Å². The molecule has 72 valence electrons. The van der Waals surface area contributed by atoms with Crippen molar-refractivity contribution in [2.24, 2.45) is 5.73 Å². The minimum Gasteiger partial charge on any atom is -0.391 e. The molecule has 0 heterocycles. The van der Waals surface area contributed by atoms with Gasteiger partial charge >= 0.3 is 0 Å². The Labute approximate surface area is 79.4 Å². The molecular formula is C11H17NO. The van der Waals surface area contributed by atoms with Crippen LogP contribution >= 0.6 is 0 Å². The summed E-state index contributed by atoms with van der Waals surface area (Å²) in [6, 6.07) is 7.96. The van der Waals surface area contributed by atoms with Crippen molar-refractivity contribution in [2.75, 3.05) is 0 Å². The number of hydrogen-bond donors (Lipinski definition) is 2. The third-order valence-corrected chi connectivity index (χ3v) is 2.13. The number of aryl methyl sites for hydroxylation is 1. The number of hydrogen-bond acceptors (Lipinski definition) is 2. The van der Waals surface area contributed by atoms with Crippen molar-refractivity contribution >= 4 is 0 Å². The van der Waals surface area contributed by atoms with E-state index in [1.54, 1.807) is 0 Å². The van der Waals surface area contributed by atoms with Gasteiger partial charge in [0.05, 0.1) is 6.10 Å². The fourth-order valence-corrected chi connectivity index (χ4v) is 1.27. The maximum Gasteiger partial charge on any atom is 0.0728 e. The largest absolute Gasteiger partial charge is 0.391 e. The molecule has 1 aromatic rings. The van der Waals surface area contributed by atoms with Gasteiger partial charge in [-0.15, -0.1) is 0 Å². The predicted octanol–water partition coefficient (Wildman–Crippen LogP) is 1.25. The van der Waals surface area contributed by atoms with Gasteiger partial charge in [-0.05, 0) is 25.8 Å². The van der Waals surface area contributed by atoms with Crippen LogP contribution in [-0.4, -0.2) is 17.3 Å². The Bertz CT molecular complexity index is 271. The van der Waals surface area contributed by atoms with Crippen LogP contribution in [0.5, 0.6) is 0 Å². The lowest BCUT2D eigenvalue weighted by Gasteiger charge is -2.14. The fourth-order valence-electron chi connectivity index (χ4n) is 1.27. The molecule has 0 saturated carbocycles. The summed E-state index contributed by atoms with van der Waals surface area (Å²) < 4.78 is 0. The summed E-state index contributed by atoms with van der Waals surface area (Å²) in [6.45, 7) is 3.86. The Balaban J connectivity index is 2.64. The average molecular weight is 179 g/mol. The number of benzene rings is 1. The summed E-state index contributed by atoms with van der Waals surface area (Å²) in [5.41, 5.74) is 7.93. The Morgan fingerprint density at radius 3 is 2.69 bits per heavy atom. The highest BCUT2D eigenvalue weighted by molar-refractivity contribution is 5.22. The van der Waals surface area contributed by atoms with E-state index < -0.39 is 6.10 Å². The number of aliphatic hydroxyl groups excluding tert-OH is 1. The van der Waals surface area contributed by atoms with Crippen LogP contribution in [0.3, 0.4) is 0 Å². The van der Waals surface area contributed by atoms with Crippen molar-refractivity contribution in [3.8, 4) is 0 Å². The highest BCUT2D eigenvalue weighted by Gasteiger charge is 2.09. The summed E-state index contributed by atoms with van der Waals surface area (Å²) in [7, 11) is 0. The standard InChI is InChI=1S/C11H17NO/c1-8-4-3-5-10(6-8)7-11(13)9(2)12/h3-6,9,11,13H,7,12H2,1-2H3/t9-,11?/m0/s1. The third kappa shape index (κ3) is 3.17. The number of nitrogens with two attached hydrogens (primary N) is 1. The minimum atomic E-state index is -0.443. The van der Waals surface area contributed by atoms with Gasteiger partial charge in [-0.2, -0.15) is 0 Å². The first kappa shape index (κ1) is 10.2. The van der Waals surface area contributed by atoms with E-state index in [1.807, 2.05) is 32.0 Å². The van der Waals surface area contributed by atoms with Crippen LogP contribution in [0.15, 0.2) is 24.3 Å². The van der Waals surface area contributed by atoms with Gasteiger partial charge in [0.25, 0.3) is 0 Å². The fraction of sp³-hybridized carbons (Fsp3) is 0.455. The van der Waals surface area contributed by atoms with Gasteiger partial charge in [0, 0.05) is 6.04 Å². The molecule has 0 bridgehead atoms. The molecule has 0 aliphatic carbocycles. The van der Waals surface area contributed by atoms with Crippen LogP contribution in [0, 0.1) is 6.92 Å². The zero-order valence-corrected chi connectivity index (χ0v) is 8.20. The normalized spacial score (nSPS) is 15.4. The van der Waals surface area contributed by atoms with Crippen LogP contribution in [0.1, 0.15) is 18.1 Å². The zero-order chi connectivity index (χ0) is 9.84. The van der Waals surface area contributed by atoms with Gasteiger partial charge in [-0.1, -0.05) is 29.8 Å². The summed E-state index contributed by atoms with van der Waals surface area (Å²) in [5, 5.41) is 9.55. The predicted molar refractivity (Wildman–Crippen MR) is 54.5 cm³/mol. The van der Waals surface area contributed by atoms with Crippen LogP contribution < -0.4 is 5.73 Å². The van der Waals surface area contributed by atoms with Crippen LogP contribution in [0.2, 0.25) is 0 Å². The molecule has 2 atom stereocenters. The van der Waals surface area contributed by atoms with Crippen molar-refractivity contribution in [3.63, 3.8) is 0 Å². The van der Waals surface area contributed by atoms with E-state index in [9.17, 15) is 5.11 Å². The first-order chi connectivity index (χ1) is 6.09. The topological polar surface area (TPSA) is 46.2 Å². The first-order valence-corrected chi connectivity index (χ1v) is 4.59. The monoisotopic (exact) mass is 179 g/mol. The van der Waals surface area contributed by atoms with Gasteiger partial charge in [-0.3, -0.25) is 0 Å². The van der Waals surface area contributed by atoms with E-state index in [0.717, 1.165) is 5.56 Å². The molecule has 0 aromatic heterocycles. The van der Waals surface area contributed by atoms with Crippen molar-refractivity contribution in [2.45, 2.75) is 32.4 Å². The summed E-state index contributed by atoms with van der Waals surface area (Å²) in [4.78, 5) is 0. The summed E-state index contributed by atoms with van der Waals surface area (Å²) in [6.07, 6.45) is 0.195. The molecule has 2 nitrogen and oxygen atoms in total. The number of rotatable bonds is 3. The van der Waals surface area contributed by atoms with Gasteiger partial charge in [0.1, 0.15) is 0 Å². The molecule has 1 rings (SSSR count). The Kier molecular flexibility index (Phi) is 3.46. The molecule has 0 radical (unpaired) electrons. The Morgan fingerprint density at radius 1 is 1.46 bits per heavy atom. The second-order valence-electron chi connectivity index (χ2n) is 3.62.